The molecule has 0 fully saturated rings. The van der Waals surface area contributed by atoms with Crippen LogP contribution in [-0.2, 0) is 11.2 Å². The number of fused-ring (bicyclic) bond motifs is 1. The van der Waals surface area contributed by atoms with Crippen LogP contribution in [0.2, 0.25) is 0 Å². The van der Waals surface area contributed by atoms with Gasteiger partial charge in [0.2, 0.25) is 0 Å². The molecule has 0 amide bonds. The maximum atomic E-state index is 5.30. The van der Waals surface area contributed by atoms with Crippen molar-refractivity contribution in [1.29, 1.82) is 0 Å². The second kappa shape index (κ2) is 6.88. The van der Waals surface area contributed by atoms with Crippen molar-refractivity contribution in [3.05, 3.63) is 35.2 Å². The van der Waals surface area contributed by atoms with Crippen molar-refractivity contribution in [2.24, 2.45) is 0 Å². The molecule has 2 rings (SSSR count). The molecule has 1 unspecified atom stereocenters. The highest BCUT2D eigenvalue weighted by molar-refractivity contribution is 7.17. The third-order valence-corrected chi connectivity index (χ3v) is 4.09. The van der Waals surface area contributed by atoms with Crippen LogP contribution in [0.3, 0.4) is 0 Å². The second-order valence-electron chi connectivity index (χ2n) is 4.57. The molecule has 18 heavy (non-hydrogen) atoms. The lowest BCUT2D eigenvalue weighted by Crippen LogP contribution is -2.35. The van der Waals surface area contributed by atoms with Crippen molar-refractivity contribution in [1.82, 2.24) is 5.32 Å². The molecule has 1 atom stereocenters. The molecule has 0 aliphatic carbocycles. The molecule has 0 bridgehead atoms. The number of nitrogens with one attached hydrogen (secondary N) is 1. The molecule has 1 heterocycles. The summed E-state index contributed by atoms with van der Waals surface area (Å²) in [5.74, 6) is 0. The summed E-state index contributed by atoms with van der Waals surface area (Å²) in [5, 5.41) is 7.22. The third-order valence-electron chi connectivity index (χ3n) is 3.08. The van der Waals surface area contributed by atoms with E-state index in [-0.39, 0.29) is 0 Å². The Morgan fingerprint density at radius 2 is 2.17 bits per heavy atom. The van der Waals surface area contributed by atoms with Gasteiger partial charge in [0, 0.05) is 17.9 Å². The molecule has 98 valence electrons. The minimum Gasteiger partial charge on any atom is -0.383 e. The Kier molecular flexibility index (Phi) is 5.17. The van der Waals surface area contributed by atoms with Gasteiger partial charge >= 0.3 is 0 Å². The van der Waals surface area contributed by atoms with Gasteiger partial charge in [-0.05, 0) is 41.8 Å². The number of thiophene rings is 1. The van der Waals surface area contributed by atoms with Crippen LogP contribution in [0.1, 0.15) is 18.9 Å². The van der Waals surface area contributed by atoms with Crippen LogP contribution in [-0.4, -0.2) is 26.3 Å². The average Bonchev–Trinajstić information content (AvgIpc) is 2.80. The highest BCUT2D eigenvalue weighted by Crippen LogP contribution is 2.26. The third kappa shape index (κ3) is 3.31. The van der Waals surface area contributed by atoms with Crippen LogP contribution in [0.4, 0.5) is 0 Å². The first-order valence-electron chi connectivity index (χ1n) is 6.52. The maximum absolute atomic E-state index is 5.30. The molecule has 0 radical (unpaired) electrons. The number of hydrogen-bond donors (Lipinski definition) is 1. The Morgan fingerprint density at radius 1 is 1.33 bits per heavy atom. The van der Waals surface area contributed by atoms with Crippen LogP contribution in [0.15, 0.2) is 29.6 Å². The van der Waals surface area contributed by atoms with E-state index < -0.39 is 0 Å². The molecule has 2 aromatic rings. The van der Waals surface area contributed by atoms with Gasteiger partial charge in [-0.15, -0.1) is 11.3 Å². The van der Waals surface area contributed by atoms with Gasteiger partial charge < -0.3 is 10.1 Å². The Hall–Kier alpha value is -0.900. The first-order chi connectivity index (χ1) is 8.85. The first-order valence-corrected chi connectivity index (χ1v) is 7.40. The number of rotatable bonds is 7. The van der Waals surface area contributed by atoms with E-state index in [2.05, 4.69) is 41.9 Å². The molecule has 1 aromatic heterocycles. The summed E-state index contributed by atoms with van der Waals surface area (Å²) in [7, 11) is 1.77. The number of methoxy groups -OCH3 is 1. The van der Waals surface area contributed by atoms with Gasteiger partial charge in [-0.25, -0.2) is 0 Å². The van der Waals surface area contributed by atoms with Crippen LogP contribution >= 0.6 is 11.3 Å². The zero-order valence-electron chi connectivity index (χ0n) is 11.1. The van der Waals surface area contributed by atoms with Gasteiger partial charge in [0.1, 0.15) is 0 Å². The molecular weight excluding hydrogens is 242 g/mol. The lowest BCUT2D eigenvalue weighted by molar-refractivity contribution is 0.166. The number of ether oxygens (including phenoxy) is 1. The van der Waals surface area contributed by atoms with Gasteiger partial charge in [-0.1, -0.05) is 25.1 Å². The van der Waals surface area contributed by atoms with Gasteiger partial charge in [0.25, 0.3) is 0 Å². The maximum Gasteiger partial charge on any atom is 0.0619 e. The summed E-state index contributed by atoms with van der Waals surface area (Å²) >= 11 is 1.83. The average molecular weight is 263 g/mol. The topological polar surface area (TPSA) is 21.3 Å². The Morgan fingerprint density at radius 3 is 2.94 bits per heavy atom. The standard InChI is InChI=1S/C15H21NOS/c1-3-8-16-13(10-17-2)9-12-11-18-15-7-5-4-6-14(12)15/h4-7,11,13,16H,3,8-10H2,1-2H3. The molecular formula is C15H21NOS. The highest BCUT2D eigenvalue weighted by atomic mass is 32.1. The molecule has 0 saturated heterocycles. The molecule has 1 N–H and O–H groups in total. The molecule has 0 saturated carbocycles. The lowest BCUT2D eigenvalue weighted by atomic mass is 10.1. The van der Waals surface area contributed by atoms with Crippen LogP contribution in [0.25, 0.3) is 10.1 Å². The van der Waals surface area contributed by atoms with E-state index in [4.69, 9.17) is 4.74 Å². The zero-order chi connectivity index (χ0) is 12.8. The Labute approximate surface area is 113 Å². The van der Waals surface area contributed by atoms with Crippen molar-refractivity contribution >= 4 is 21.4 Å². The summed E-state index contributed by atoms with van der Waals surface area (Å²) < 4.78 is 6.68. The van der Waals surface area contributed by atoms with Gasteiger partial charge in [-0.2, -0.15) is 0 Å². The quantitative estimate of drug-likeness (QED) is 0.826. The largest absolute Gasteiger partial charge is 0.383 e. The molecule has 0 aliphatic rings. The van der Waals surface area contributed by atoms with Crippen LogP contribution < -0.4 is 5.32 Å². The highest BCUT2D eigenvalue weighted by Gasteiger charge is 2.11. The minimum atomic E-state index is 0.410. The van der Waals surface area contributed by atoms with Crippen molar-refractivity contribution in [2.45, 2.75) is 25.8 Å². The predicted octanol–water partition coefficient (Wildman–Crippen LogP) is 3.46. The van der Waals surface area contributed by atoms with E-state index in [0.29, 0.717) is 6.04 Å². The SMILES string of the molecule is CCCNC(COC)Cc1csc2ccccc12. The molecule has 3 heteroatoms. The fraction of sp³-hybridized carbons (Fsp3) is 0.467. The van der Waals surface area contributed by atoms with E-state index in [1.165, 1.54) is 15.6 Å². The molecule has 0 aliphatic heterocycles. The fourth-order valence-electron chi connectivity index (χ4n) is 2.20. The van der Waals surface area contributed by atoms with Gasteiger partial charge in [0.15, 0.2) is 0 Å². The van der Waals surface area contributed by atoms with Crippen LogP contribution in [0.5, 0.6) is 0 Å². The summed E-state index contributed by atoms with van der Waals surface area (Å²) in [5.41, 5.74) is 1.43. The predicted molar refractivity (Wildman–Crippen MR) is 79.5 cm³/mol. The fourth-order valence-corrected chi connectivity index (χ4v) is 3.17. The monoisotopic (exact) mass is 263 g/mol. The van der Waals surface area contributed by atoms with E-state index >= 15 is 0 Å². The summed E-state index contributed by atoms with van der Waals surface area (Å²) in [6, 6.07) is 9.03. The van der Waals surface area contributed by atoms with Crippen molar-refractivity contribution in [2.75, 3.05) is 20.3 Å². The van der Waals surface area contributed by atoms with E-state index in [0.717, 1.165) is 26.0 Å². The molecule has 1 aromatic carbocycles. The summed E-state index contributed by atoms with van der Waals surface area (Å²) in [4.78, 5) is 0. The Balaban J connectivity index is 2.10. The lowest BCUT2D eigenvalue weighted by Gasteiger charge is -2.17. The summed E-state index contributed by atoms with van der Waals surface area (Å²) in [6.45, 7) is 4.01. The minimum absolute atomic E-state index is 0.410. The van der Waals surface area contributed by atoms with Gasteiger partial charge in [0.05, 0.1) is 6.61 Å². The second-order valence-corrected chi connectivity index (χ2v) is 5.48. The molecule has 0 spiro atoms. The van der Waals surface area contributed by atoms with E-state index in [9.17, 15) is 0 Å². The van der Waals surface area contributed by atoms with Crippen molar-refractivity contribution in [3.63, 3.8) is 0 Å². The zero-order valence-corrected chi connectivity index (χ0v) is 11.9. The van der Waals surface area contributed by atoms with E-state index in [1.54, 1.807) is 7.11 Å². The number of benzene rings is 1. The van der Waals surface area contributed by atoms with Crippen LogP contribution in [0, 0.1) is 0 Å². The van der Waals surface area contributed by atoms with Crippen molar-refractivity contribution < 1.29 is 4.74 Å². The summed E-state index contributed by atoms with van der Waals surface area (Å²) in [6.07, 6.45) is 2.20. The van der Waals surface area contributed by atoms with E-state index in [1.807, 2.05) is 11.3 Å². The Bertz CT molecular complexity index is 480. The molecule has 2 nitrogen and oxygen atoms in total. The van der Waals surface area contributed by atoms with Gasteiger partial charge in [-0.3, -0.25) is 0 Å². The normalized spacial score (nSPS) is 13.0. The smallest absolute Gasteiger partial charge is 0.0619 e. The van der Waals surface area contributed by atoms with Crippen molar-refractivity contribution in [3.8, 4) is 0 Å². The number of hydrogen-bond acceptors (Lipinski definition) is 3. The first kappa shape index (κ1) is 13.5.